The molecule has 48 heavy (non-hydrogen) atoms. The average Bonchev–Trinajstić information content (AvgIpc) is 3.71. The normalized spacial score (nSPS) is 19.5. The van der Waals surface area contributed by atoms with Gasteiger partial charge in [-0.05, 0) is 97.1 Å². The molecule has 2 aliphatic rings. The number of carbonyl (C=O) groups is 4. The molecule has 4 atom stereocenters. The lowest BCUT2D eigenvalue weighted by molar-refractivity contribution is -0.0287. The molecule has 4 aromatic carbocycles. The molecule has 0 bridgehead atoms. The molecule has 2 saturated heterocycles. The summed E-state index contributed by atoms with van der Waals surface area (Å²) in [5, 5.41) is 0. The van der Waals surface area contributed by atoms with E-state index in [9.17, 15) is 19.2 Å². The number of fused-ring (bicyclic) bond motifs is 1. The number of esters is 4. The van der Waals surface area contributed by atoms with Crippen LogP contribution in [0.2, 0.25) is 0 Å². The van der Waals surface area contributed by atoms with E-state index in [0.29, 0.717) is 22.6 Å². The monoisotopic (exact) mass is 654 g/mol. The zero-order valence-electron chi connectivity index (χ0n) is 25.9. The first kappa shape index (κ1) is 32.2. The standard InChI is InChI=1S/C36H30O12/c1-41-25-11-3-21(4-12-25)33(37)45-27-15-7-23(8-16-27)35(39)47-29-19-43-32-30(20-44-31(29)32)48-36(40)24-9-17-28(18-10-24)46-34(38)22-5-13-26(42-2)14-6-22/h3-18,29-32H,19-20H2,1-2H3/t29-,30+,31-,32-/m1/s1. The van der Waals surface area contributed by atoms with Crippen molar-refractivity contribution in [1.29, 1.82) is 0 Å². The van der Waals surface area contributed by atoms with Crippen molar-refractivity contribution in [2.75, 3.05) is 27.4 Å². The van der Waals surface area contributed by atoms with Crippen molar-refractivity contribution in [1.82, 2.24) is 0 Å². The van der Waals surface area contributed by atoms with Crippen LogP contribution in [0, 0.1) is 0 Å². The molecule has 4 aromatic rings. The molecule has 0 spiro atoms. The molecule has 6 rings (SSSR count). The van der Waals surface area contributed by atoms with Crippen LogP contribution in [0.25, 0.3) is 0 Å². The van der Waals surface area contributed by atoms with Crippen LogP contribution in [0.1, 0.15) is 41.4 Å². The van der Waals surface area contributed by atoms with Crippen molar-refractivity contribution in [3.63, 3.8) is 0 Å². The fourth-order valence-corrected chi connectivity index (χ4v) is 5.15. The van der Waals surface area contributed by atoms with E-state index in [4.69, 9.17) is 37.9 Å². The minimum Gasteiger partial charge on any atom is -0.497 e. The zero-order chi connectivity index (χ0) is 33.6. The first-order valence-corrected chi connectivity index (χ1v) is 14.9. The maximum absolute atomic E-state index is 12.9. The van der Waals surface area contributed by atoms with E-state index in [2.05, 4.69) is 0 Å². The van der Waals surface area contributed by atoms with Gasteiger partial charge in [0.2, 0.25) is 0 Å². The Balaban J connectivity index is 0.977. The average molecular weight is 655 g/mol. The quantitative estimate of drug-likeness (QED) is 0.173. The predicted octanol–water partition coefficient (Wildman–Crippen LogP) is 4.69. The lowest BCUT2D eigenvalue weighted by Crippen LogP contribution is -2.36. The Hall–Kier alpha value is -5.72. The van der Waals surface area contributed by atoms with Gasteiger partial charge in [-0.3, -0.25) is 0 Å². The van der Waals surface area contributed by atoms with Crippen LogP contribution in [0.5, 0.6) is 23.0 Å². The minimum absolute atomic E-state index is 0.0565. The molecule has 0 aliphatic carbocycles. The molecule has 2 heterocycles. The second kappa shape index (κ2) is 14.4. The van der Waals surface area contributed by atoms with E-state index >= 15 is 0 Å². The van der Waals surface area contributed by atoms with Crippen molar-refractivity contribution >= 4 is 23.9 Å². The lowest BCUT2D eigenvalue weighted by Gasteiger charge is -2.17. The van der Waals surface area contributed by atoms with Crippen LogP contribution in [0.3, 0.4) is 0 Å². The highest BCUT2D eigenvalue weighted by Gasteiger charge is 2.51. The highest BCUT2D eigenvalue weighted by Crippen LogP contribution is 2.32. The first-order valence-electron chi connectivity index (χ1n) is 14.9. The number of hydrogen-bond donors (Lipinski definition) is 0. The number of rotatable bonds is 10. The van der Waals surface area contributed by atoms with Crippen molar-refractivity contribution in [3.8, 4) is 23.0 Å². The van der Waals surface area contributed by atoms with Crippen molar-refractivity contribution in [3.05, 3.63) is 119 Å². The van der Waals surface area contributed by atoms with E-state index < -0.39 is 48.3 Å². The summed E-state index contributed by atoms with van der Waals surface area (Å²) in [6.07, 6.45) is -2.70. The second-order valence-corrected chi connectivity index (χ2v) is 10.8. The smallest absolute Gasteiger partial charge is 0.343 e. The summed E-state index contributed by atoms with van der Waals surface area (Å²) in [5.74, 6) is -0.609. The Morgan fingerprint density at radius 3 is 1.06 bits per heavy atom. The van der Waals surface area contributed by atoms with Crippen LogP contribution >= 0.6 is 0 Å². The van der Waals surface area contributed by atoms with E-state index in [-0.39, 0.29) is 35.8 Å². The summed E-state index contributed by atoms with van der Waals surface area (Å²) in [6, 6.07) is 24.9. The van der Waals surface area contributed by atoms with E-state index in [1.165, 1.54) is 62.8 Å². The van der Waals surface area contributed by atoms with Gasteiger partial charge in [-0.25, -0.2) is 19.2 Å². The van der Waals surface area contributed by atoms with Crippen molar-refractivity contribution < 1.29 is 57.1 Å². The Morgan fingerprint density at radius 1 is 0.458 bits per heavy atom. The largest absolute Gasteiger partial charge is 0.497 e. The fourth-order valence-electron chi connectivity index (χ4n) is 5.15. The summed E-state index contributed by atoms with van der Waals surface area (Å²) in [4.78, 5) is 50.6. The Morgan fingerprint density at radius 2 is 0.750 bits per heavy atom. The second-order valence-electron chi connectivity index (χ2n) is 10.8. The van der Waals surface area contributed by atoms with Crippen LogP contribution < -0.4 is 18.9 Å². The van der Waals surface area contributed by atoms with Gasteiger partial charge in [-0.2, -0.15) is 0 Å². The maximum atomic E-state index is 12.9. The third-order valence-corrected chi connectivity index (χ3v) is 7.73. The van der Waals surface area contributed by atoms with Gasteiger partial charge in [0, 0.05) is 0 Å². The Kier molecular flexibility index (Phi) is 9.65. The van der Waals surface area contributed by atoms with E-state index in [0.717, 1.165) is 0 Å². The van der Waals surface area contributed by atoms with Gasteiger partial charge in [0.15, 0.2) is 12.2 Å². The zero-order valence-corrected chi connectivity index (χ0v) is 25.9. The fraction of sp³-hybridized carbons (Fsp3) is 0.222. The van der Waals surface area contributed by atoms with Crippen LogP contribution in [-0.4, -0.2) is 75.7 Å². The molecule has 0 unspecified atom stereocenters. The molecule has 246 valence electrons. The van der Waals surface area contributed by atoms with Crippen molar-refractivity contribution in [2.45, 2.75) is 24.4 Å². The number of carbonyl (C=O) groups excluding carboxylic acids is 4. The SMILES string of the molecule is COc1ccc(C(=O)Oc2ccc(C(=O)O[C@H]3CO[C@H]4[C@@H]3OC[C@H]4OC(=O)c3ccc(OC(=O)c4ccc(OC)cc4)cc3)cc2)cc1. The van der Waals surface area contributed by atoms with E-state index in [1.807, 2.05) is 0 Å². The molecular weight excluding hydrogens is 624 g/mol. The molecule has 0 N–H and O–H groups in total. The van der Waals surface area contributed by atoms with E-state index in [1.54, 1.807) is 48.5 Å². The highest BCUT2D eigenvalue weighted by molar-refractivity contribution is 5.93. The molecule has 0 aromatic heterocycles. The van der Waals surface area contributed by atoms with Crippen LogP contribution in [-0.2, 0) is 18.9 Å². The summed E-state index contributed by atoms with van der Waals surface area (Å²) < 4.78 is 43.9. The predicted molar refractivity (Wildman–Crippen MR) is 167 cm³/mol. The van der Waals surface area contributed by atoms with Crippen LogP contribution in [0.4, 0.5) is 0 Å². The summed E-state index contributed by atoms with van der Waals surface area (Å²) >= 11 is 0. The molecule has 12 nitrogen and oxygen atoms in total. The molecule has 2 fully saturated rings. The molecule has 12 heteroatoms. The molecule has 2 aliphatic heterocycles. The van der Waals surface area contributed by atoms with Gasteiger partial charge >= 0.3 is 23.9 Å². The van der Waals surface area contributed by atoms with Gasteiger partial charge in [0.1, 0.15) is 35.2 Å². The Labute approximate surface area is 275 Å². The molecule has 0 radical (unpaired) electrons. The summed E-state index contributed by atoms with van der Waals surface area (Å²) in [6.45, 7) is 0.113. The number of ether oxygens (including phenoxy) is 8. The van der Waals surface area contributed by atoms with Gasteiger partial charge in [0.05, 0.1) is 49.7 Å². The Bertz CT molecular complexity index is 1630. The summed E-state index contributed by atoms with van der Waals surface area (Å²) in [5.41, 5.74) is 1.17. The third kappa shape index (κ3) is 7.30. The molecular formula is C36H30O12. The molecule has 0 saturated carbocycles. The first-order chi connectivity index (χ1) is 23.3. The van der Waals surface area contributed by atoms with Crippen LogP contribution in [0.15, 0.2) is 97.1 Å². The minimum atomic E-state index is -0.724. The highest BCUT2D eigenvalue weighted by atomic mass is 16.7. The van der Waals surface area contributed by atoms with Gasteiger partial charge in [-0.15, -0.1) is 0 Å². The summed E-state index contributed by atoms with van der Waals surface area (Å²) in [7, 11) is 3.06. The topological polar surface area (TPSA) is 142 Å². The van der Waals surface area contributed by atoms with Gasteiger partial charge in [0.25, 0.3) is 0 Å². The maximum Gasteiger partial charge on any atom is 0.343 e. The number of benzene rings is 4. The van der Waals surface area contributed by atoms with Crippen molar-refractivity contribution in [2.24, 2.45) is 0 Å². The molecule has 0 amide bonds. The van der Waals surface area contributed by atoms with Gasteiger partial charge < -0.3 is 37.9 Å². The lowest BCUT2D eigenvalue weighted by atomic mass is 10.1. The number of methoxy groups -OCH3 is 2. The third-order valence-electron chi connectivity index (χ3n) is 7.73. The number of hydrogen-bond acceptors (Lipinski definition) is 12. The van der Waals surface area contributed by atoms with Gasteiger partial charge in [-0.1, -0.05) is 0 Å².